The Labute approximate surface area is 147 Å². The molecule has 0 aromatic heterocycles. The summed E-state index contributed by atoms with van der Waals surface area (Å²) in [5, 5.41) is 2.75. The largest absolute Gasteiger partial charge is 0.326 e. The zero-order valence-electron chi connectivity index (χ0n) is 16.2. The van der Waals surface area contributed by atoms with E-state index in [1.54, 1.807) is 6.08 Å². The molecule has 1 aliphatic rings. The minimum Gasteiger partial charge on any atom is -0.326 e. The molecule has 0 saturated heterocycles. The molecule has 0 spiro atoms. The molecule has 0 heterocycles. The average molecular weight is 332 g/mol. The highest BCUT2D eigenvalue weighted by Gasteiger charge is 2.33. The van der Waals surface area contributed by atoms with Crippen LogP contribution in [0.15, 0.2) is 35.6 Å². The van der Waals surface area contributed by atoms with Crippen LogP contribution in [0.5, 0.6) is 0 Å². The lowest BCUT2D eigenvalue weighted by Gasteiger charge is -2.39. The first-order valence-electron chi connectivity index (χ1n) is 8.90. The predicted molar refractivity (Wildman–Crippen MR) is 100 cm³/mol. The second-order valence-electron chi connectivity index (χ2n) is 8.05. The number of carbonyl (C=O) groups excluding carboxylic acids is 2. The van der Waals surface area contributed by atoms with Crippen LogP contribution >= 0.6 is 0 Å². The zero-order chi connectivity index (χ0) is 18.5. The van der Waals surface area contributed by atoms with Crippen LogP contribution in [0.2, 0.25) is 0 Å². The van der Waals surface area contributed by atoms with E-state index < -0.39 is 0 Å². The van der Waals surface area contributed by atoms with Crippen molar-refractivity contribution in [3.63, 3.8) is 0 Å². The molecule has 2 atom stereocenters. The molecule has 0 bridgehead atoms. The van der Waals surface area contributed by atoms with Crippen LogP contribution in [-0.4, -0.2) is 11.7 Å². The van der Waals surface area contributed by atoms with Crippen molar-refractivity contribution < 1.29 is 9.59 Å². The maximum atomic E-state index is 13.0. The van der Waals surface area contributed by atoms with Gasteiger partial charge in [-0.15, -0.1) is 0 Å². The van der Waals surface area contributed by atoms with Crippen molar-refractivity contribution in [1.82, 2.24) is 5.32 Å². The first-order valence-corrected chi connectivity index (χ1v) is 8.90. The minimum atomic E-state index is -0.188. The molecule has 0 aliphatic heterocycles. The first kappa shape index (κ1) is 20.4. The highest BCUT2D eigenvalue weighted by molar-refractivity contribution is 6.01. The van der Waals surface area contributed by atoms with E-state index in [0.29, 0.717) is 34.9 Å². The first-order chi connectivity index (χ1) is 11.1. The van der Waals surface area contributed by atoms with Crippen LogP contribution in [-0.2, 0) is 9.59 Å². The lowest BCUT2D eigenvalue weighted by molar-refractivity contribution is -0.118. The van der Waals surface area contributed by atoms with Gasteiger partial charge in [0.15, 0.2) is 5.78 Å². The van der Waals surface area contributed by atoms with E-state index in [4.69, 9.17) is 0 Å². The molecule has 1 N–H and O–H groups in total. The summed E-state index contributed by atoms with van der Waals surface area (Å²) >= 11 is 0. The van der Waals surface area contributed by atoms with Crippen molar-refractivity contribution in [3.8, 4) is 0 Å². The van der Waals surface area contributed by atoms with Crippen molar-refractivity contribution in [1.29, 1.82) is 0 Å². The Kier molecular flexibility index (Phi) is 7.19. The quantitative estimate of drug-likeness (QED) is 0.553. The van der Waals surface area contributed by atoms with Gasteiger partial charge in [0, 0.05) is 18.9 Å². The number of hydrogen-bond acceptors (Lipinski definition) is 2. The van der Waals surface area contributed by atoms with E-state index in [9.17, 15) is 9.59 Å². The number of carbonyl (C=O) groups is 2. The Balaban J connectivity index is 3.07. The Bertz CT molecular complexity index is 566. The second kappa shape index (κ2) is 8.46. The highest BCUT2D eigenvalue weighted by atomic mass is 16.1. The molecular weight excluding hydrogens is 298 g/mol. The van der Waals surface area contributed by atoms with Crippen molar-refractivity contribution in [2.45, 2.75) is 67.2 Å². The van der Waals surface area contributed by atoms with E-state index in [0.717, 1.165) is 18.4 Å². The summed E-state index contributed by atoms with van der Waals surface area (Å²) in [4.78, 5) is 24.5. The molecule has 1 aliphatic carbocycles. The number of ketones is 1. The van der Waals surface area contributed by atoms with Crippen LogP contribution in [0.3, 0.4) is 0 Å². The predicted octanol–water partition coefficient (Wildman–Crippen LogP) is 4.95. The number of hydrogen-bond donors (Lipinski definition) is 1. The van der Waals surface area contributed by atoms with Gasteiger partial charge >= 0.3 is 0 Å². The molecule has 1 amide bonds. The van der Waals surface area contributed by atoms with E-state index in [1.807, 2.05) is 19.9 Å². The number of nitrogens with one attached hydrogen (secondary N) is 1. The fourth-order valence-electron chi connectivity index (χ4n) is 4.20. The van der Waals surface area contributed by atoms with E-state index >= 15 is 0 Å². The smallest absolute Gasteiger partial charge is 0.221 e. The number of amides is 1. The zero-order valence-corrected chi connectivity index (χ0v) is 16.2. The monoisotopic (exact) mass is 331 g/mol. The Morgan fingerprint density at radius 2 is 1.88 bits per heavy atom. The fourth-order valence-corrected chi connectivity index (χ4v) is 4.20. The van der Waals surface area contributed by atoms with Crippen molar-refractivity contribution in [2.24, 2.45) is 17.3 Å². The van der Waals surface area contributed by atoms with Gasteiger partial charge in [0.2, 0.25) is 5.91 Å². The van der Waals surface area contributed by atoms with Gasteiger partial charge in [0.1, 0.15) is 0 Å². The molecule has 24 heavy (non-hydrogen) atoms. The van der Waals surface area contributed by atoms with Gasteiger partial charge in [-0.25, -0.2) is 0 Å². The summed E-state index contributed by atoms with van der Waals surface area (Å²) in [7, 11) is 0. The van der Waals surface area contributed by atoms with Crippen LogP contribution in [0.4, 0.5) is 0 Å². The minimum absolute atomic E-state index is 0.101. The van der Waals surface area contributed by atoms with Crippen LogP contribution in [0.1, 0.15) is 67.2 Å². The summed E-state index contributed by atoms with van der Waals surface area (Å²) in [5.74, 6) is 0.964. The van der Waals surface area contributed by atoms with Crippen LogP contribution in [0.25, 0.3) is 0 Å². The number of rotatable bonds is 6. The van der Waals surface area contributed by atoms with Gasteiger partial charge in [-0.2, -0.15) is 0 Å². The molecule has 134 valence electrons. The summed E-state index contributed by atoms with van der Waals surface area (Å²) in [6.45, 7) is 15.9. The van der Waals surface area contributed by atoms with Gasteiger partial charge in [-0.3, -0.25) is 9.59 Å². The van der Waals surface area contributed by atoms with Gasteiger partial charge in [-0.1, -0.05) is 33.4 Å². The molecule has 2 unspecified atom stereocenters. The standard InChI is InChI=1S/C21H33NO2/c1-8-15(4)20(18(9-2)22-16(5)23)19(24)11-17-10-14(3)12-21(6,7)13-17/h8-9,14,17H,2,10-13H2,1,3-7H3,(H,22,23)/b15-8-,20-18-. The molecular formula is C21H33NO2. The maximum absolute atomic E-state index is 13.0. The Hall–Kier alpha value is -1.64. The van der Waals surface area contributed by atoms with E-state index in [-0.39, 0.29) is 11.7 Å². The summed E-state index contributed by atoms with van der Waals surface area (Å²) in [6.07, 6.45) is 7.40. The van der Waals surface area contributed by atoms with Crippen LogP contribution < -0.4 is 5.32 Å². The second-order valence-corrected chi connectivity index (χ2v) is 8.05. The van der Waals surface area contributed by atoms with Crippen molar-refractivity contribution in [2.75, 3.05) is 0 Å². The molecule has 3 nitrogen and oxygen atoms in total. The third-order valence-corrected chi connectivity index (χ3v) is 4.84. The third-order valence-electron chi connectivity index (χ3n) is 4.84. The molecule has 0 radical (unpaired) electrons. The molecule has 0 aromatic rings. The van der Waals surface area contributed by atoms with Gasteiger partial charge in [0.25, 0.3) is 0 Å². The van der Waals surface area contributed by atoms with Crippen molar-refractivity contribution in [3.05, 3.63) is 35.6 Å². The molecule has 1 rings (SSSR count). The van der Waals surface area contributed by atoms with Crippen molar-refractivity contribution >= 4 is 11.7 Å². The summed E-state index contributed by atoms with van der Waals surface area (Å²) in [5.41, 5.74) is 2.29. The average Bonchev–Trinajstić information content (AvgIpc) is 2.43. The van der Waals surface area contributed by atoms with Gasteiger partial charge in [0.05, 0.1) is 5.70 Å². The molecule has 1 saturated carbocycles. The van der Waals surface area contributed by atoms with Crippen LogP contribution in [0, 0.1) is 17.3 Å². The summed E-state index contributed by atoms with van der Waals surface area (Å²) in [6, 6.07) is 0. The Morgan fingerprint density at radius 3 is 2.33 bits per heavy atom. The third kappa shape index (κ3) is 5.77. The summed E-state index contributed by atoms with van der Waals surface area (Å²) < 4.78 is 0. The topological polar surface area (TPSA) is 46.2 Å². The molecule has 3 heteroatoms. The number of Topliss-reactive ketones (excluding diaryl/α,β-unsaturated/α-hetero) is 1. The van der Waals surface area contributed by atoms with Gasteiger partial charge < -0.3 is 5.32 Å². The van der Waals surface area contributed by atoms with E-state index in [1.165, 1.54) is 13.3 Å². The number of allylic oxidation sites excluding steroid dienone is 4. The Morgan fingerprint density at radius 1 is 1.25 bits per heavy atom. The molecule has 0 aromatic carbocycles. The normalized spacial score (nSPS) is 24.8. The van der Waals surface area contributed by atoms with Gasteiger partial charge in [-0.05, 0) is 62.0 Å². The highest BCUT2D eigenvalue weighted by Crippen LogP contribution is 2.43. The SMILES string of the molecule is C=C/C(NC(C)=O)=C(C(=O)CC1CC(C)CC(C)(C)C1)\C(C)=C/C. The molecule has 1 fully saturated rings. The van der Waals surface area contributed by atoms with E-state index in [2.05, 4.69) is 32.7 Å². The fraction of sp³-hybridized carbons (Fsp3) is 0.619. The lowest BCUT2D eigenvalue weighted by atomic mass is 9.66. The maximum Gasteiger partial charge on any atom is 0.221 e. The lowest BCUT2D eigenvalue weighted by Crippen LogP contribution is -2.30.